The Morgan fingerprint density at radius 2 is 1.73 bits per heavy atom. The zero-order valence-electron chi connectivity index (χ0n) is 36.9. The molecule has 2 aromatic rings. The highest BCUT2D eigenvalue weighted by Gasteiger charge is 2.61. The SMILES string of the molecule is CCC1OC(=O)[C@@](C)(F)C(=O)[C@H](C)[C@@H](OC2OC(C)CC(N(C)C)C2O)[C@@](C)(OC)C[C@@H](C)C(=O)[C@H](C)[C@H]2N(CCCCn3cc(-c4cccc(N)c4)nn3)C(=O)O[C@]12C. The largest absolute Gasteiger partial charge is 0.455 e. The molecule has 3 aliphatic heterocycles. The van der Waals surface area contributed by atoms with Crippen LogP contribution in [0, 0.1) is 17.8 Å². The second-order valence-electron chi connectivity index (χ2n) is 17.8. The van der Waals surface area contributed by atoms with Crippen LogP contribution in [0.1, 0.15) is 87.5 Å². The molecule has 334 valence electrons. The number of halogens is 1. The van der Waals surface area contributed by atoms with Gasteiger partial charge in [-0.25, -0.2) is 14.0 Å². The summed E-state index contributed by atoms with van der Waals surface area (Å²) < 4.78 is 49.2. The van der Waals surface area contributed by atoms with Crippen LogP contribution in [0.25, 0.3) is 11.3 Å². The van der Waals surface area contributed by atoms with E-state index in [0.717, 1.165) is 12.5 Å². The van der Waals surface area contributed by atoms with E-state index in [2.05, 4.69) is 10.3 Å². The number of methoxy groups -OCH3 is 1. The molecule has 0 spiro atoms. The van der Waals surface area contributed by atoms with Gasteiger partial charge < -0.3 is 44.3 Å². The number of aliphatic hydroxyl groups is 1. The van der Waals surface area contributed by atoms with E-state index in [1.165, 1.54) is 18.9 Å². The lowest BCUT2D eigenvalue weighted by atomic mass is 9.73. The summed E-state index contributed by atoms with van der Waals surface area (Å²) in [5.41, 5.74) is 1.80. The number of amides is 1. The van der Waals surface area contributed by atoms with Crippen molar-refractivity contribution in [2.75, 3.05) is 33.5 Å². The van der Waals surface area contributed by atoms with Gasteiger partial charge in [0.2, 0.25) is 0 Å². The highest BCUT2D eigenvalue weighted by atomic mass is 19.1. The average molecular weight is 845 g/mol. The molecule has 1 aromatic carbocycles. The third-order valence-electron chi connectivity index (χ3n) is 12.9. The number of hydrogen-bond donors (Lipinski definition) is 2. The van der Waals surface area contributed by atoms with Crippen LogP contribution in [0.15, 0.2) is 30.5 Å². The van der Waals surface area contributed by atoms with Gasteiger partial charge in [-0.2, -0.15) is 0 Å². The fourth-order valence-electron chi connectivity index (χ4n) is 9.51. The second kappa shape index (κ2) is 18.5. The lowest BCUT2D eigenvalue weighted by molar-refractivity contribution is -0.295. The number of ketones is 2. The van der Waals surface area contributed by atoms with E-state index < -0.39 is 83.1 Å². The first-order valence-corrected chi connectivity index (χ1v) is 21.0. The summed E-state index contributed by atoms with van der Waals surface area (Å²) in [7, 11) is 5.04. The Morgan fingerprint density at radius 3 is 2.37 bits per heavy atom. The molecule has 3 fully saturated rings. The number of alkyl halides is 1. The summed E-state index contributed by atoms with van der Waals surface area (Å²) in [6, 6.07) is 6.02. The van der Waals surface area contributed by atoms with Crippen LogP contribution in [0.4, 0.5) is 14.9 Å². The molecular weight excluding hydrogens is 780 g/mol. The number of cyclic esters (lactones) is 1. The van der Waals surface area contributed by atoms with Crippen molar-refractivity contribution < 1.29 is 52.4 Å². The number of carbonyl (C=O) groups is 4. The molecule has 1 aromatic heterocycles. The molecule has 4 heterocycles. The Bertz CT molecular complexity index is 1860. The molecule has 0 bridgehead atoms. The second-order valence-corrected chi connectivity index (χ2v) is 17.8. The number of esters is 1. The minimum Gasteiger partial charge on any atom is -0.455 e. The topological polar surface area (TPSA) is 198 Å². The third kappa shape index (κ3) is 9.39. The lowest BCUT2D eigenvalue weighted by Gasteiger charge is -2.47. The number of fused-ring (bicyclic) bond motifs is 1. The van der Waals surface area contributed by atoms with Gasteiger partial charge in [-0.05, 0) is 86.0 Å². The van der Waals surface area contributed by atoms with Gasteiger partial charge in [0.15, 0.2) is 17.7 Å². The maximum Gasteiger partial charge on any atom is 0.410 e. The summed E-state index contributed by atoms with van der Waals surface area (Å²) in [5.74, 6) is -5.85. The van der Waals surface area contributed by atoms with E-state index in [1.807, 2.05) is 50.3 Å². The first-order valence-electron chi connectivity index (χ1n) is 21.0. The van der Waals surface area contributed by atoms with Crippen LogP contribution >= 0.6 is 0 Å². The number of benzene rings is 1. The zero-order chi connectivity index (χ0) is 44.5. The quantitative estimate of drug-likeness (QED) is 0.138. The molecular formula is C43H65FN6O10. The first kappa shape index (κ1) is 47.0. The molecule has 13 atom stereocenters. The summed E-state index contributed by atoms with van der Waals surface area (Å²) in [6.45, 7) is 13.1. The van der Waals surface area contributed by atoms with Crippen LogP contribution in [-0.2, 0) is 44.6 Å². The van der Waals surface area contributed by atoms with E-state index in [4.69, 9.17) is 29.4 Å². The molecule has 3 saturated heterocycles. The molecule has 5 rings (SSSR count). The van der Waals surface area contributed by atoms with Gasteiger partial charge in [-0.3, -0.25) is 14.3 Å². The minimum absolute atomic E-state index is 0.0111. The predicted octanol–water partition coefficient (Wildman–Crippen LogP) is 4.60. The summed E-state index contributed by atoms with van der Waals surface area (Å²) in [6.07, 6.45) is -2.57. The number of aryl methyl sites for hydroxylation is 1. The van der Waals surface area contributed by atoms with Gasteiger partial charge in [0.05, 0.1) is 30.0 Å². The van der Waals surface area contributed by atoms with Gasteiger partial charge in [0, 0.05) is 55.2 Å². The van der Waals surface area contributed by atoms with Gasteiger partial charge in [-0.1, -0.05) is 45.0 Å². The maximum atomic E-state index is 16.9. The van der Waals surface area contributed by atoms with E-state index >= 15 is 4.39 Å². The normalized spacial score (nSPS) is 37.1. The van der Waals surface area contributed by atoms with Crippen molar-refractivity contribution in [2.24, 2.45) is 17.8 Å². The zero-order valence-corrected chi connectivity index (χ0v) is 36.9. The van der Waals surface area contributed by atoms with Crippen LogP contribution in [0.5, 0.6) is 0 Å². The number of likely N-dealkylation sites (N-methyl/N-ethyl adjacent to an activating group) is 1. The smallest absolute Gasteiger partial charge is 0.410 e. The monoisotopic (exact) mass is 844 g/mol. The van der Waals surface area contributed by atoms with Crippen LogP contribution in [0.2, 0.25) is 0 Å². The van der Waals surface area contributed by atoms with Crippen LogP contribution < -0.4 is 5.73 Å². The van der Waals surface area contributed by atoms with Crippen molar-refractivity contribution >= 4 is 29.3 Å². The fourth-order valence-corrected chi connectivity index (χ4v) is 9.51. The van der Waals surface area contributed by atoms with Gasteiger partial charge >= 0.3 is 12.1 Å². The van der Waals surface area contributed by atoms with Gasteiger partial charge in [-0.15, -0.1) is 5.10 Å². The predicted molar refractivity (Wildman–Crippen MR) is 219 cm³/mol. The van der Waals surface area contributed by atoms with Crippen molar-refractivity contribution in [3.05, 3.63) is 30.5 Å². The number of hydrogen-bond acceptors (Lipinski definition) is 14. The maximum absolute atomic E-state index is 16.9. The number of Topliss-reactive ketones (excluding diaryl/α,β-unsaturated/α-hetero) is 2. The van der Waals surface area contributed by atoms with E-state index in [1.54, 1.807) is 45.4 Å². The molecule has 0 saturated carbocycles. The molecule has 1 amide bonds. The van der Waals surface area contributed by atoms with Crippen molar-refractivity contribution in [3.8, 4) is 11.3 Å². The highest BCUT2D eigenvalue weighted by molar-refractivity contribution is 6.08. The molecule has 17 heteroatoms. The molecule has 5 unspecified atom stereocenters. The molecule has 60 heavy (non-hydrogen) atoms. The number of carbonyl (C=O) groups excluding carboxylic acids is 4. The van der Waals surface area contributed by atoms with Gasteiger partial charge in [0.1, 0.15) is 23.7 Å². The summed E-state index contributed by atoms with van der Waals surface area (Å²) in [5, 5.41) is 19.9. The highest BCUT2D eigenvalue weighted by Crippen LogP contribution is 2.44. The van der Waals surface area contributed by atoms with Gasteiger partial charge in [0.25, 0.3) is 5.67 Å². The van der Waals surface area contributed by atoms with Crippen molar-refractivity contribution in [2.45, 2.75) is 154 Å². The number of nitrogens with zero attached hydrogens (tertiary/aromatic N) is 5. The van der Waals surface area contributed by atoms with E-state index in [-0.39, 0.29) is 37.3 Å². The Labute approximate surface area is 352 Å². The minimum atomic E-state index is -3.19. The summed E-state index contributed by atoms with van der Waals surface area (Å²) in [4.78, 5) is 60.1. The number of ether oxygens (including phenoxy) is 5. The molecule has 0 aliphatic carbocycles. The Hall–Kier alpha value is -4.03. The van der Waals surface area contributed by atoms with Crippen LogP contribution in [0.3, 0.4) is 0 Å². The molecule has 3 N–H and O–H groups in total. The average Bonchev–Trinajstić information content (AvgIpc) is 3.78. The number of anilines is 1. The first-order chi connectivity index (χ1) is 28.1. The lowest BCUT2D eigenvalue weighted by Crippen LogP contribution is -2.61. The molecule has 3 aliphatic rings. The number of aromatic nitrogens is 3. The molecule has 0 radical (unpaired) electrons. The number of nitrogen functional groups attached to an aromatic ring is 1. The van der Waals surface area contributed by atoms with Crippen molar-refractivity contribution in [3.63, 3.8) is 0 Å². The number of nitrogens with two attached hydrogens (primary N) is 1. The molecule has 16 nitrogen and oxygen atoms in total. The Morgan fingerprint density at radius 1 is 1.05 bits per heavy atom. The van der Waals surface area contributed by atoms with Crippen LogP contribution in [-0.4, -0.2) is 141 Å². The third-order valence-corrected chi connectivity index (χ3v) is 12.9. The van der Waals surface area contributed by atoms with Crippen molar-refractivity contribution in [1.29, 1.82) is 0 Å². The number of rotatable bonds is 11. The number of unbranched alkanes of at least 4 members (excludes halogenated alkanes) is 1. The summed E-state index contributed by atoms with van der Waals surface area (Å²) >= 11 is 0. The standard InChI is InChI=1S/C43H65FN6O10/c1-12-32-43(8)35(50(40(55)60-43)19-14-13-18-49-23-30(46-47-49)28-16-15-17-29(45)21-28)26(4)33(51)24(2)22-41(6,56-11)37(27(5)36(53)42(7,44)39(54)58-32)59-38-34(52)31(48(9)10)20-25(3)57-38/h15-17,21,23-27,31-32,34-35,37-38,52H,12-14,18-20,22,45H2,1-11H3/t24-,25?,26+,27+,31?,32?,34?,35-,37-,38?,41+,42+,43-/m1/s1. The Kier molecular flexibility index (Phi) is 14.5. The Balaban J connectivity index is 1.45. The van der Waals surface area contributed by atoms with E-state index in [0.29, 0.717) is 37.2 Å². The number of aliphatic hydroxyl groups excluding tert-OH is 1. The van der Waals surface area contributed by atoms with Crippen molar-refractivity contribution in [1.82, 2.24) is 24.8 Å². The fraction of sp³-hybridized carbons (Fsp3) is 0.721. The van der Waals surface area contributed by atoms with E-state index in [9.17, 15) is 24.3 Å².